The normalized spacial score (nSPS) is 19.7. The van der Waals surface area contributed by atoms with E-state index in [2.05, 4.69) is 5.32 Å². The zero-order chi connectivity index (χ0) is 11.3. The number of aliphatic hydroxyl groups excluding tert-OH is 1. The molecule has 1 rings (SSSR count). The number of ether oxygens (including phenoxy) is 1. The molecule has 2 N–H and O–H groups in total. The van der Waals surface area contributed by atoms with Crippen LogP contribution in [0.4, 0.5) is 0 Å². The van der Waals surface area contributed by atoms with Gasteiger partial charge in [0.05, 0.1) is 6.10 Å². The molecule has 4 heteroatoms. The Bertz CT molecular complexity index is 204. The maximum absolute atomic E-state index is 11.4. The Morgan fingerprint density at radius 2 is 2.27 bits per heavy atom. The first kappa shape index (κ1) is 12.5. The van der Waals surface area contributed by atoms with Crippen molar-refractivity contribution in [1.29, 1.82) is 0 Å². The lowest BCUT2D eigenvalue weighted by molar-refractivity contribution is -0.122. The van der Waals surface area contributed by atoms with Crippen LogP contribution in [0.15, 0.2) is 0 Å². The summed E-state index contributed by atoms with van der Waals surface area (Å²) in [5.74, 6) is 0.647. The van der Waals surface area contributed by atoms with Gasteiger partial charge in [-0.15, -0.1) is 0 Å². The van der Waals surface area contributed by atoms with E-state index in [1.807, 2.05) is 6.92 Å². The molecule has 0 spiro atoms. The van der Waals surface area contributed by atoms with Crippen molar-refractivity contribution in [3.63, 3.8) is 0 Å². The number of carbonyl (C=O) groups excluding carboxylic acids is 1. The SMILES string of the molecule is COCC(C)CC(=O)NCC(O)C1CC1. The molecule has 0 aromatic carbocycles. The van der Waals surface area contributed by atoms with Crippen LogP contribution in [0.25, 0.3) is 0 Å². The van der Waals surface area contributed by atoms with E-state index in [1.165, 1.54) is 0 Å². The molecule has 2 atom stereocenters. The first-order chi connectivity index (χ1) is 7.13. The van der Waals surface area contributed by atoms with Crippen molar-refractivity contribution in [3.05, 3.63) is 0 Å². The highest BCUT2D eigenvalue weighted by Crippen LogP contribution is 2.32. The topological polar surface area (TPSA) is 58.6 Å². The second kappa shape index (κ2) is 6.08. The van der Waals surface area contributed by atoms with E-state index in [0.29, 0.717) is 25.5 Å². The van der Waals surface area contributed by atoms with Crippen LogP contribution in [-0.4, -0.2) is 37.4 Å². The number of amides is 1. The minimum absolute atomic E-state index is 0.000694. The third-order valence-corrected chi connectivity index (χ3v) is 2.66. The van der Waals surface area contributed by atoms with Crippen LogP contribution >= 0.6 is 0 Å². The fourth-order valence-electron chi connectivity index (χ4n) is 1.60. The van der Waals surface area contributed by atoms with Crippen molar-refractivity contribution >= 4 is 5.91 Å². The molecule has 15 heavy (non-hydrogen) atoms. The summed E-state index contributed by atoms with van der Waals surface area (Å²) in [5.41, 5.74) is 0. The van der Waals surface area contributed by atoms with Gasteiger partial charge in [-0.2, -0.15) is 0 Å². The van der Waals surface area contributed by atoms with Crippen molar-refractivity contribution in [2.75, 3.05) is 20.3 Å². The van der Waals surface area contributed by atoms with Crippen molar-refractivity contribution in [2.24, 2.45) is 11.8 Å². The minimum atomic E-state index is -0.355. The minimum Gasteiger partial charge on any atom is -0.391 e. The summed E-state index contributed by atoms with van der Waals surface area (Å²) in [4.78, 5) is 11.4. The van der Waals surface area contributed by atoms with Gasteiger partial charge < -0.3 is 15.2 Å². The van der Waals surface area contributed by atoms with Crippen LogP contribution in [0.3, 0.4) is 0 Å². The first-order valence-electron chi connectivity index (χ1n) is 5.57. The van der Waals surface area contributed by atoms with Crippen molar-refractivity contribution < 1.29 is 14.6 Å². The van der Waals surface area contributed by atoms with Crippen molar-refractivity contribution in [3.8, 4) is 0 Å². The number of aliphatic hydroxyl groups is 1. The smallest absolute Gasteiger partial charge is 0.220 e. The highest BCUT2D eigenvalue weighted by Gasteiger charge is 2.29. The number of hydrogen-bond acceptors (Lipinski definition) is 3. The summed E-state index contributed by atoms with van der Waals surface area (Å²) in [6.45, 7) is 2.96. The van der Waals surface area contributed by atoms with Gasteiger partial charge in [0.15, 0.2) is 0 Å². The van der Waals surface area contributed by atoms with Gasteiger partial charge in [0.2, 0.25) is 5.91 Å². The standard InChI is InChI=1S/C11H21NO3/c1-8(7-15-2)5-11(14)12-6-10(13)9-3-4-9/h8-10,13H,3-7H2,1-2H3,(H,12,14). The Balaban J connectivity index is 2.06. The third kappa shape index (κ3) is 5.14. The maximum atomic E-state index is 11.4. The number of hydrogen-bond donors (Lipinski definition) is 2. The lowest BCUT2D eigenvalue weighted by Gasteiger charge is -2.13. The molecule has 0 aromatic heterocycles. The number of carbonyl (C=O) groups is 1. The highest BCUT2D eigenvalue weighted by atomic mass is 16.5. The predicted molar refractivity (Wildman–Crippen MR) is 57.4 cm³/mol. The van der Waals surface area contributed by atoms with Gasteiger partial charge in [0.25, 0.3) is 0 Å². The van der Waals surface area contributed by atoms with Gasteiger partial charge in [0, 0.05) is 26.7 Å². The van der Waals surface area contributed by atoms with E-state index < -0.39 is 0 Å². The van der Waals surface area contributed by atoms with Crippen LogP contribution < -0.4 is 5.32 Å². The average Bonchev–Trinajstić information content (AvgIpc) is 2.97. The zero-order valence-corrected chi connectivity index (χ0v) is 9.53. The lowest BCUT2D eigenvalue weighted by Crippen LogP contribution is -2.34. The zero-order valence-electron chi connectivity index (χ0n) is 9.53. The van der Waals surface area contributed by atoms with E-state index in [1.54, 1.807) is 7.11 Å². The van der Waals surface area contributed by atoms with Gasteiger partial charge >= 0.3 is 0 Å². The van der Waals surface area contributed by atoms with Crippen molar-refractivity contribution in [2.45, 2.75) is 32.3 Å². The quantitative estimate of drug-likeness (QED) is 0.652. The average molecular weight is 215 g/mol. The summed E-state index contributed by atoms with van der Waals surface area (Å²) >= 11 is 0. The molecule has 0 radical (unpaired) electrons. The summed E-state index contributed by atoms with van der Waals surface area (Å²) in [6, 6.07) is 0. The molecule has 0 saturated heterocycles. The number of rotatable bonds is 7. The molecule has 1 aliphatic carbocycles. The van der Waals surface area contributed by atoms with Crippen LogP contribution in [0.5, 0.6) is 0 Å². The Morgan fingerprint density at radius 1 is 1.60 bits per heavy atom. The fourth-order valence-corrected chi connectivity index (χ4v) is 1.60. The van der Waals surface area contributed by atoms with Gasteiger partial charge in [-0.3, -0.25) is 4.79 Å². The van der Waals surface area contributed by atoms with Crippen LogP contribution in [0, 0.1) is 11.8 Å². The monoisotopic (exact) mass is 215 g/mol. The first-order valence-corrected chi connectivity index (χ1v) is 5.57. The second-order valence-corrected chi connectivity index (χ2v) is 4.47. The molecule has 2 unspecified atom stereocenters. The van der Waals surface area contributed by atoms with E-state index in [-0.39, 0.29) is 17.9 Å². The third-order valence-electron chi connectivity index (χ3n) is 2.66. The Labute approximate surface area is 91.0 Å². The Hall–Kier alpha value is -0.610. The summed E-state index contributed by atoms with van der Waals surface area (Å²) in [6.07, 6.45) is 2.30. The molecular weight excluding hydrogens is 194 g/mol. The molecule has 88 valence electrons. The molecule has 1 aliphatic rings. The van der Waals surface area contributed by atoms with Gasteiger partial charge in [-0.25, -0.2) is 0 Å². The highest BCUT2D eigenvalue weighted by molar-refractivity contribution is 5.76. The molecule has 1 amide bonds. The largest absolute Gasteiger partial charge is 0.391 e. The molecule has 1 fully saturated rings. The van der Waals surface area contributed by atoms with Gasteiger partial charge in [-0.1, -0.05) is 6.92 Å². The second-order valence-electron chi connectivity index (χ2n) is 4.47. The lowest BCUT2D eigenvalue weighted by atomic mass is 10.1. The van der Waals surface area contributed by atoms with Crippen LogP contribution in [0.1, 0.15) is 26.2 Å². The summed E-state index contributed by atoms with van der Waals surface area (Å²) in [7, 11) is 1.63. The fraction of sp³-hybridized carbons (Fsp3) is 0.909. The van der Waals surface area contributed by atoms with E-state index >= 15 is 0 Å². The number of methoxy groups -OCH3 is 1. The molecular formula is C11H21NO3. The van der Waals surface area contributed by atoms with Crippen LogP contribution in [0.2, 0.25) is 0 Å². The van der Waals surface area contributed by atoms with Gasteiger partial charge in [-0.05, 0) is 24.7 Å². The molecule has 1 saturated carbocycles. The number of nitrogens with one attached hydrogen (secondary N) is 1. The van der Waals surface area contributed by atoms with E-state index in [9.17, 15) is 9.90 Å². The predicted octanol–water partition coefficient (Wildman–Crippen LogP) is 0.546. The Kier molecular flexibility index (Phi) is 5.05. The molecule has 0 aromatic rings. The Morgan fingerprint density at radius 3 is 2.80 bits per heavy atom. The van der Waals surface area contributed by atoms with Gasteiger partial charge in [0.1, 0.15) is 0 Å². The summed E-state index contributed by atoms with van der Waals surface area (Å²) < 4.78 is 4.95. The summed E-state index contributed by atoms with van der Waals surface area (Å²) in [5, 5.41) is 12.3. The maximum Gasteiger partial charge on any atom is 0.220 e. The van der Waals surface area contributed by atoms with Crippen molar-refractivity contribution in [1.82, 2.24) is 5.32 Å². The van der Waals surface area contributed by atoms with E-state index in [0.717, 1.165) is 12.8 Å². The van der Waals surface area contributed by atoms with Crippen LogP contribution in [-0.2, 0) is 9.53 Å². The van der Waals surface area contributed by atoms with E-state index in [4.69, 9.17) is 4.74 Å². The molecule has 0 bridgehead atoms. The molecule has 0 heterocycles. The molecule has 0 aliphatic heterocycles. The molecule has 4 nitrogen and oxygen atoms in total.